The molecule has 0 saturated heterocycles. The van der Waals surface area contributed by atoms with Crippen LogP contribution in [0.2, 0.25) is 0 Å². The van der Waals surface area contributed by atoms with Gasteiger partial charge < -0.3 is 5.32 Å². The first-order valence-corrected chi connectivity index (χ1v) is 8.18. The van der Waals surface area contributed by atoms with Gasteiger partial charge in [0.25, 0.3) is 5.91 Å². The lowest BCUT2D eigenvalue weighted by atomic mass is 10.2. The highest BCUT2D eigenvalue weighted by atomic mass is 79.9. The van der Waals surface area contributed by atoms with E-state index in [0.29, 0.717) is 27.0 Å². The molecule has 1 aromatic carbocycles. The van der Waals surface area contributed by atoms with Crippen molar-refractivity contribution in [1.82, 2.24) is 10.2 Å². The number of aryl methyl sites for hydroxylation is 2. The first-order chi connectivity index (χ1) is 9.70. The van der Waals surface area contributed by atoms with Gasteiger partial charge in [0.2, 0.25) is 10.0 Å². The summed E-state index contributed by atoms with van der Waals surface area (Å²) in [6.45, 7) is 3.33. The molecule has 0 aliphatic rings. The van der Waals surface area contributed by atoms with E-state index in [-0.39, 0.29) is 10.8 Å². The lowest BCUT2D eigenvalue weighted by molar-refractivity contribution is 0.102. The van der Waals surface area contributed by atoms with Crippen molar-refractivity contribution in [2.75, 3.05) is 5.32 Å². The Hall–Kier alpha value is -1.71. The Morgan fingerprint density at radius 2 is 2.05 bits per heavy atom. The molecule has 0 bridgehead atoms. The number of carbonyl (C=O) groups excluding carboxylic acids is 1. The second kappa shape index (κ2) is 5.58. The molecule has 0 saturated carbocycles. The molecule has 2 aromatic rings. The van der Waals surface area contributed by atoms with Gasteiger partial charge in [-0.25, -0.2) is 13.6 Å². The number of aromatic amines is 1. The van der Waals surface area contributed by atoms with Crippen LogP contribution in [-0.4, -0.2) is 24.5 Å². The molecule has 0 atom stereocenters. The maximum atomic E-state index is 12.1. The lowest BCUT2D eigenvalue weighted by Gasteiger charge is -2.11. The van der Waals surface area contributed by atoms with E-state index in [2.05, 4.69) is 31.4 Å². The van der Waals surface area contributed by atoms with E-state index in [9.17, 15) is 13.2 Å². The minimum atomic E-state index is -3.81. The van der Waals surface area contributed by atoms with E-state index in [4.69, 9.17) is 5.14 Å². The molecular weight excluding hydrogens is 360 g/mol. The quantitative estimate of drug-likeness (QED) is 0.759. The Balaban J connectivity index is 2.37. The number of carbonyl (C=O) groups is 1. The van der Waals surface area contributed by atoms with E-state index in [1.807, 2.05) is 0 Å². The molecule has 7 nitrogen and oxygen atoms in total. The summed E-state index contributed by atoms with van der Waals surface area (Å²) in [5, 5.41) is 14.3. The molecule has 0 aliphatic carbocycles. The lowest BCUT2D eigenvalue weighted by Crippen LogP contribution is -2.16. The van der Waals surface area contributed by atoms with Gasteiger partial charge in [0, 0.05) is 10.2 Å². The van der Waals surface area contributed by atoms with E-state index < -0.39 is 10.0 Å². The summed E-state index contributed by atoms with van der Waals surface area (Å²) < 4.78 is 23.3. The molecule has 21 heavy (non-hydrogen) atoms. The van der Waals surface area contributed by atoms with Gasteiger partial charge in [-0.3, -0.25) is 9.89 Å². The molecule has 0 unspecified atom stereocenters. The fourth-order valence-corrected chi connectivity index (χ4v) is 3.22. The summed E-state index contributed by atoms with van der Waals surface area (Å²) >= 11 is 3.23. The van der Waals surface area contributed by atoms with Gasteiger partial charge in [-0.2, -0.15) is 5.10 Å². The fourth-order valence-electron chi connectivity index (χ4n) is 1.83. The maximum Gasteiger partial charge on any atom is 0.259 e. The number of hydrogen-bond acceptors (Lipinski definition) is 4. The van der Waals surface area contributed by atoms with Crippen LogP contribution < -0.4 is 10.5 Å². The van der Waals surface area contributed by atoms with E-state index >= 15 is 0 Å². The van der Waals surface area contributed by atoms with Crippen LogP contribution in [0.1, 0.15) is 21.6 Å². The van der Waals surface area contributed by atoms with Gasteiger partial charge in [0.15, 0.2) is 0 Å². The number of nitrogens with one attached hydrogen (secondary N) is 2. The van der Waals surface area contributed by atoms with Crippen LogP contribution in [-0.2, 0) is 10.0 Å². The predicted molar refractivity (Wildman–Crippen MR) is 81.5 cm³/mol. The molecule has 0 radical (unpaired) electrons. The molecule has 1 amide bonds. The van der Waals surface area contributed by atoms with E-state index in [1.165, 1.54) is 18.3 Å². The zero-order valence-corrected chi connectivity index (χ0v) is 13.7. The minimum Gasteiger partial charge on any atom is -0.321 e. The van der Waals surface area contributed by atoms with Crippen molar-refractivity contribution in [3.8, 4) is 0 Å². The van der Waals surface area contributed by atoms with Crippen molar-refractivity contribution in [2.45, 2.75) is 18.7 Å². The number of nitrogens with zero attached hydrogens (tertiary/aromatic N) is 1. The van der Waals surface area contributed by atoms with Crippen molar-refractivity contribution in [3.63, 3.8) is 0 Å². The van der Waals surface area contributed by atoms with Crippen LogP contribution in [0.25, 0.3) is 0 Å². The summed E-state index contributed by atoms with van der Waals surface area (Å²) in [5.41, 5.74) is 1.95. The summed E-state index contributed by atoms with van der Waals surface area (Å²) in [5.74, 6) is -0.343. The highest BCUT2D eigenvalue weighted by molar-refractivity contribution is 9.10. The van der Waals surface area contributed by atoms with Gasteiger partial charge in [-0.05, 0) is 47.5 Å². The van der Waals surface area contributed by atoms with Gasteiger partial charge in [-0.1, -0.05) is 0 Å². The summed E-state index contributed by atoms with van der Waals surface area (Å²) in [4.78, 5) is 12.1. The average Bonchev–Trinajstić information content (AvgIpc) is 2.78. The summed E-state index contributed by atoms with van der Waals surface area (Å²) in [6, 6.07) is 2.90. The normalized spacial score (nSPS) is 11.4. The number of halogens is 1. The number of sulfonamides is 1. The van der Waals surface area contributed by atoms with Gasteiger partial charge in [0.05, 0.1) is 22.3 Å². The maximum absolute atomic E-state index is 12.1. The van der Waals surface area contributed by atoms with Crippen molar-refractivity contribution < 1.29 is 13.2 Å². The highest BCUT2D eigenvalue weighted by Gasteiger charge is 2.17. The van der Waals surface area contributed by atoms with Crippen molar-refractivity contribution in [2.24, 2.45) is 5.14 Å². The zero-order chi connectivity index (χ0) is 15.8. The van der Waals surface area contributed by atoms with Crippen LogP contribution in [0.15, 0.2) is 27.7 Å². The van der Waals surface area contributed by atoms with E-state index in [0.717, 1.165) is 0 Å². The molecule has 1 heterocycles. The Morgan fingerprint density at radius 3 is 2.57 bits per heavy atom. The molecular formula is C12H13BrN4O3S. The number of H-pyrrole nitrogens is 1. The van der Waals surface area contributed by atoms with Crippen molar-refractivity contribution in [3.05, 3.63) is 39.6 Å². The van der Waals surface area contributed by atoms with Gasteiger partial charge in [0.1, 0.15) is 0 Å². The number of amides is 1. The Labute approximate surface area is 130 Å². The minimum absolute atomic E-state index is 0.00636. The molecule has 0 fully saturated rings. The Kier molecular flexibility index (Phi) is 4.17. The molecule has 2 rings (SSSR count). The van der Waals surface area contributed by atoms with Gasteiger partial charge in [-0.15, -0.1) is 0 Å². The summed E-state index contributed by atoms with van der Waals surface area (Å²) in [7, 11) is -3.81. The third kappa shape index (κ3) is 3.31. The highest BCUT2D eigenvalue weighted by Crippen LogP contribution is 2.28. The number of aromatic nitrogens is 2. The number of nitrogens with two attached hydrogens (primary N) is 1. The van der Waals surface area contributed by atoms with E-state index in [1.54, 1.807) is 13.8 Å². The molecule has 0 spiro atoms. The number of hydrogen-bond donors (Lipinski definition) is 3. The average molecular weight is 373 g/mol. The standard InChI is InChI=1S/C12H13BrN4O3S/c1-6-3-10(9(13)4-11(6)21(14,19)20)16-12(18)8-5-15-17-7(8)2/h3-5H,1-2H3,(H,15,17)(H,16,18)(H2,14,19,20). The largest absolute Gasteiger partial charge is 0.321 e. The number of primary sulfonamides is 1. The number of rotatable bonds is 3. The first-order valence-electron chi connectivity index (χ1n) is 5.84. The smallest absolute Gasteiger partial charge is 0.259 e. The number of anilines is 1. The topological polar surface area (TPSA) is 118 Å². The predicted octanol–water partition coefficient (Wildman–Crippen LogP) is 1.69. The molecule has 9 heteroatoms. The second-order valence-electron chi connectivity index (χ2n) is 4.51. The zero-order valence-electron chi connectivity index (χ0n) is 11.3. The Bertz CT molecular complexity index is 814. The second-order valence-corrected chi connectivity index (χ2v) is 6.89. The Morgan fingerprint density at radius 1 is 1.38 bits per heavy atom. The summed E-state index contributed by atoms with van der Waals surface area (Å²) in [6.07, 6.45) is 1.42. The molecule has 0 aliphatic heterocycles. The molecule has 4 N–H and O–H groups in total. The van der Waals surface area contributed by atoms with Crippen LogP contribution in [0, 0.1) is 13.8 Å². The van der Waals surface area contributed by atoms with Crippen molar-refractivity contribution >= 4 is 37.5 Å². The fraction of sp³-hybridized carbons (Fsp3) is 0.167. The monoisotopic (exact) mass is 372 g/mol. The third-order valence-corrected chi connectivity index (χ3v) is 4.60. The van der Waals surface area contributed by atoms with Crippen LogP contribution >= 0.6 is 15.9 Å². The molecule has 112 valence electrons. The SMILES string of the molecule is Cc1cc(NC(=O)c2cn[nH]c2C)c(Br)cc1S(N)(=O)=O. The third-order valence-electron chi connectivity index (χ3n) is 2.89. The van der Waals surface area contributed by atoms with Crippen LogP contribution in [0.5, 0.6) is 0 Å². The van der Waals surface area contributed by atoms with Crippen LogP contribution in [0.3, 0.4) is 0 Å². The van der Waals surface area contributed by atoms with Crippen molar-refractivity contribution in [1.29, 1.82) is 0 Å². The first kappa shape index (κ1) is 15.7. The molecule has 1 aromatic heterocycles. The van der Waals surface area contributed by atoms with Gasteiger partial charge >= 0.3 is 0 Å². The number of benzene rings is 1. The van der Waals surface area contributed by atoms with Crippen LogP contribution in [0.4, 0.5) is 5.69 Å².